The lowest BCUT2D eigenvalue weighted by Crippen LogP contribution is -2.38. The third kappa shape index (κ3) is 4.40. The van der Waals surface area contributed by atoms with E-state index in [1.54, 1.807) is 17.0 Å². The molecule has 22 heavy (non-hydrogen) atoms. The number of ether oxygens (including phenoxy) is 1. The highest BCUT2D eigenvalue weighted by molar-refractivity contribution is 5.92. The number of rotatable bonds is 5. The maximum atomic E-state index is 12.5. The van der Waals surface area contributed by atoms with Crippen LogP contribution in [0.3, 0.4) is 0 Å². The second-order valence-corrected chi connectivity index (χ2v) is 5.36. The molecule has 1 aromatic rings. The summed E-state index contributed by atoms with van der Waals surface area (Å²) in [6, 6.07) is 3.29. The smallest absolute Gasteiger partial charge is 0.272 e. The monoisotopic (exact) mass is 309 g/mol. The van der Waals surface area contributed by atoms with Crippen molar-refractivity contribution in [3.63, 3.8) is 0 Å². The zero-order valence-electron chi connectivity index (χ0n) is 12.8. The third-order valence-electron chi connectivity index (χ3n) is 3.69. The summed E-state index contributed by atoms with van der Waals surface area (Å²) < 4.78 is 5.11. The third-order valence-corrected chi connectivity index (χ3v) is 3.69. The van der Waals surface area contributed by atoms with E-state index >= 15 is 0 Å². The Morgan fingerprint density at radius 3 is 3.00 bits per heavy atom. The van der Waals surface area contributed by atoms with Gasteiger partial charge >= 0.3 is 0 Å². The predicted molar refractivity (Wildman–Crippen MR) is 80.8 cm³/mol. The van der Waals surface area contributed by atoms with Gasteiger partial charge in [-0.15, -0.1) is 0 Å². The van der Waals surface area contributed by atoms with Crippen molar-refractivity contribution in [1.82, 2.24) is 14.8 Å². The summed E-state index contributed by atoms with van der Waals surface area (Å²) in [7, 11) is 1.54. The Morgan fingerprint density at radius 1 is 1.45 bits per heavy atom. The van der Waals surface area contributed by atoms with Crippen LogP contribution in [0.15, 0.2) is 18.3 Å². The van der Waals surface area contributed by atoms with Gasteiger partial charge in [-0.05, 0) is 12.5 Å². The number of methoxy groups -OCH3 is 1. The number of aromatic nitrogens is 1. The van der Waals surface area contributed by atoms with E-state index in [9.17, 15) is 9.90 Å². The van der Waals surface area contributed by atoms with Crippen molar-refractivity contribution >= 4 is 5.91 Å². The summed E-state index contributed by atoms with van der Waals surface area (Å²) in [6.45, 7) is 2.84. The molecule has 2 N–H and O–H groups in total. The molecule has 1 aliphatic rings. The van der Waals surface area contributed by atoms with E-state index < -0.39 is 6.10 Å². The first-order chi connectivity index (χ1) is 10.6. The van der Waals surface area contributed by atoms with Crippen molar-refractivity contribution in [1.29, 1.82) is 0 Å². The number of hydrogen-bond acceptors (Lipinski definition) is 6. The van der Waals surface area contributed by atoms with Crippen molar-refractivity contribution in [3.8, 4) is 5.75 Å². The first-order valence-electron chi connectivity index (χ1n) is 7.44. The molecule has 2 heterocycles. The Labute approximate surface area is 130 Å². The molecule has 1 fully saturated rings. The van der Waals surface area contributed by atoms with Gasteiger partial charge in [-0.25, -0.2) is 0 Å². The van der Waals surface area contributed by atoms with Crippen molar-refractivity contribution in [3.05, 3.63) is 24.0 Å². The fraction of sp³-hybridized carbons (Fsp3) is 0.600. The molecule has 0 unspecified atom stereocenters. The number of amides is 1. The molecule has 0 radical (unpaired) electrons. The lowest BCUT2D eigenvalue weighted by Gasteiger charge is -2.21. The number of nitrogens with zero attached hydrogens (tertiary/aromatic N) is 3. The van der Waals surface area contributed by atoms with Crippen LogP contribution in [0.5, 0.6) is 5.75 Å². The number of carbonyl (C=O) groups is 1. The standard InChI is InChI=1S/C15H23N3O4/c1-22-13-3-4-16-14(9-13)15(21)18-7-6-17(5-2-8-19)10-12(20)11-18/h3-4,9,12,19-20H,2,5-8,10-11H2,1H3/t12-/m0/s1. The van der Waals surface area contributed by atoms with Crippen LogP contribution in [0.1, 0.15) is 16.9 Å². The van der Waals surface area contributed by atoms with Gasteiger partial charge in [-0.1, -0.05) is 0 Å². The van der Waals surface area contributed by atoms with E-state index in [1.807, 2.05) is 0 Å². The first kappa shape index (κ1) is 16.7. The molecule has 7 heteroatoms. The highest BCUT2D eigenvalue weighted by Crippen LogP contribution is 2.13. The summed E-state index contributed by atoms with van der Waals surface area (Å²) >= 11 is 0. The van der Waals surface area contributed by atoms with Crippen LogP contribution in [0.4, 0.5) is 0 Å². The number of aliphatic hydroxyl groups excluding tert-OH is 2. The number of aliphatic hydroxyl groups is 2. The lowest BCUT2D eigenvalue weighted by atomic mass is 10.2. The average Bonchev–Trinajstić information content (AvgIpc) is 2.73. The summed E-state index contributed by atoms with van der Waals surface area (Å²) in [5, 5.41) is 19.0. The van der Waals surface area contributed by atoms with Gasteiger partial charge in [-0.3, -0.25) is 14.7 Å². The summed E-state index contributed by atoms with van der Waals surface area (Å²) in [5.74, 6) is 0.375. The Bertz CT molecular complexity index is 497. The quantitative estimate of drug-likeness (QED) is 0.769. The normalized spacial score (nSPS) is 19.8. The molecule has 0 bridgehead atoms. The Hall–Kier alpha value is -1.70. The molecule has 1 aromatic heterocycles. The molecule has 0 aromatic carbocycles. The van der Waals surface area contributed by atoms with Crippen LogP contribution >= 0.6 is 0 Å². The molecule has 1 atom stereocenters. The van der Waals surface area contributed by atoms with E-state index in [2.05, 4.69) is 9.88 Å². The van der Waals surface area contributed by atoms with E-state index in [0.29, 0.717) is 44.0 Å². The highest BCUT2D eigenvalue weighted by atomic mass is 16.5. The lowest BCUT2D eigenvalue weighted by molar-refractivity contribution is 0.0657. The van der Waals surface area contributed by atoms with E-state index in [4.69, 9.17) is 9.84 Å². The average molecular weight is 309 g/mol. The van der Waals surface area contributed by atoms with E-state index in [-0.39, 0.29) is 19.1 Å². The molecule has 122 valence electrons. The predicted octanol–water partition coefficient (Wildman–Crippen LogP) is -0.409. The summed E-state index contributed by atoms with van der Waals surface area (Å²) in [4.78, 5) is 20.3. The van der Waals surface area contributed by atoms with Gasteiger partial charge in [0.15, 0.2) is 0 Å². The maximum absolute atomic E-state index is 12.5. The second-order valence-electron chi connectivity index (χ2n) is 5.36. The molecule has 7 nitrogen and oxygen atoms in total. The SMILES string of the molecule is COc1ccnc(C(=O)N2CCN(CCCO)C[C@H](O)C2)c1. The van der Waals surface area contributed by atoms with Crippen molar-refractivity contribution in [2.24, 2.45) is 0 Å². The fourth-order valence-electron chi connectivity index (χ4n) is 2.55. The molecular formula is C15H23N3O4. The van der Waals surface area contributed by atoms with Crippen molar-refractivity contribution in [2.75, 3.05) is 46.4 Å². The van der Waals surface area contributed by atoms with Crippen LogP contribution in [0.25, 0.3) is 0 Å². The van der Waals surface area contributed by atoms with E-state index in [1.165, 1.54) is 13.3 Å². The zero-order chi connectivity index (χ0) is 15.9. The minimum atomic E-state index is -0.601. The minimum absolute atomic E-state index is 0.128. The zero-order valence-corrected chi connectivity index (χ0v) is 12.8. The van der Waals surface area contributed by atoms with Crippen LogP contribution in [0, 0.1) is 0 Å². The van der Waals surface area contributed by atoms with Crippen LogP contribution in [-0.2, 0) is 0 Å². The Balaban J connectivity index is 2.03. The molecule has 0 aliphatic carbocycles. The Kier molecular flexibility index (Phi) is 6.11. The number of pyridine rings is 1. The van der Waals surface area contributed by atoms with Crippen LogP contribution in [0.2, 0.25) is 0 Å². The van der Waals surface area contributed by atoms with Gasteiger partial charge in [-0.2, -0.15) is 0 Å². The second kappa shape index (κ2) is 8.07. The van der Waals surface area contributed by atoms with Gasteiger partial charge < -0.3 is 19.8 Å². The number of β-amino-alcohol motifs (C(OH)–C–C–N with tert-alkyl or cyclic N) is 1. The minimum Gasteiger partial charge on any atom is -0.497 e. The maximum Gasteiger partial charge on any atom is 0.272 e. The molecule has 1 saturated heterocycles. The molecule has 0 spiro atoms. The molecular weight excluding hydrogens is 286 g/mol. The van der Waals surface area contributed by atoms with Gasteiger partial charge in [0.25, 0.3) is 5.91 Å². The molecule has 0 saturated carbocycles. The molecule has 2 rings (SSSR count). The number of carbonyl (C=O) groups excluding carboxylic acids is 1. The topological polar surface area (TPSA) is 86.1 Å². The van der Waals surface area contributed by atoms with Crippen molar-refractivity contribution < 1.29 is 19.7 Å². The molecule has 1 aliphatic heterocycles. The van der Waals surface area contributed by atoms with Crippen LogP contribution < -0.4 is 4.74 Å². The fourth-order valence-corrected chi connectivity index (χ4v) is 2.55. The summed E-state index contributed by atoms with van der Waals surface area (Å²) in [6.07, 6.45) is 1.60. The Morgan fingerprint density at radius 2 is 2.27 bits per heavy atom. The van der Waals surface area contributed by atoms with Gasteiger partial charge in [0, 0.05) is 51.6 Å². The van der Waals surface area contributed by atoms with E-state index in [0.717, 1.165) is 0 Å². The van der Waals surface area contributed by atoms with Crippen molar-refractivity contribution in [2.45, 2.75) is 12.5 Å². The van der Waals surface area contributed by atoms with Gasteiger partial charge in [0.1, 0.15) is 11.4 Å². The number of hydrogen-bond donors (Lipinski definition) is 2. The highest BCUT2D eigenvalue weighted by Gasteiger charge is 2.25. The van der Waals surface area contributed by atoms with Gasteiger partial charge in [0.2, 0.25) is 0 Å². The largest absolute Gasteiger partial charge is 0.497 e. The summed E-state index contributed by atoms with van der Waals surface area (Å²) in [5.41, 5.74) is 0.315. The van der Waals surface area contributed by atoms with Crippen LogP contribution in [-0.4, -0.2) is 83.4 Å². The van der Waals surface area contributed by atoms with Gasteiger partial charge in [0.05, 0.1) is 13.2 Å². The molecule has 1 amide bonds. The first-order valence-corrected chi connectivity index (χ1v) is 7.44.